The summed E-state index contributed by atoms with van der Waals surface area (Å²) in [5.74, 6) is -1.55. The summed E-state index contributed by atoms with van der Waals surface area (Å²) in [6.45, 7) is 8.18. The van der Waals surface area contributed by atoms with Crippen LogP contribution in [-0.4, -0.2) is 75.8 Å². The van der Waals surface area contributed by atoms with Gasteiger partial charge in [0.1, 0.15) is 5.54 Å². The molecular formula is C26H39N5O6S. The number of ether oxygens (including phenoxy) is 1. The second-order valence-electron chi connectivity index (χ2n) is 9.92. The Balaban J connectivity index is 0.00000400. The second kappa shape index (κ2) is 12.9. The van der Waals surface area contributed by atoms with Crippen LogP contribution in [0.4, 0.5) is 4.79 Å². The Morgan fingerprint density at radius 2 is 1.76 bits per heavy atom. The number of piperidine rings is 1. The molecule has 210 valence electrons. The zero-order valence-electron chi connectivity index (χ0n) is 22.4. The van der Waals surface area contributed by atoms with Crippen molar-refractivity contribution < 1.29 is 31.2 Å². The third kappa shape index (κ3) is 7.33. The molecule has 2 aromatic rings. The average molecular weight is 550 g/mol. The molecule has 3 rings (SSSR count). The topological polar surface area (TPSA) is 144 Å². The van der Waals surface area contributed by atoms with Crippen molar-refractivity contribution in [2.45, 2.75) is 69.0 Å². The highest BCUT2D eigenvalue weighted by Crippen LogP contribution is 2.26. The predicted molar refractivity (Wildman–Crippen MR) is 145 cm³/mol. The van der Waals surface area contributed by atoms with Gasteiger partial charge in [0.25, 0.3) is 17.0 Å². The van der Waals surface area contributed by atoms with Crippen LogP contribution in [0.3, 0.4) is 0 Å². The minimum absolute atomic E-state index is 0. The quantitative estimate of drug-likeness (QED) is 0.334. The van der Waals surface area contributed by atoms with Crippen LogP contribution in [0.2, 0.25) is 0 Å². The number of aromatic nitrogens is 2. The number of methoxy groups -OCH3 is 1. The van der Waals surface area contributed by atoms with Gasteiger partial charge < -0.3 is 24.7 Å². The maximum absolute atomic E-state index is 13.8. The normalized spacial score (nSPS) is 15.7. The molecule has 11 nitrogen and oxygen atoms in total. The van der Waals surface area contributed by atoms with Crippen molar-refractivity contribution in [3.8, 4) is 0 Å². The standard InChI is InChI=1S/C26H35N5O6S.2H2/c1-16(2)15-19(20(32)22-29-30-24(37-22)38-17(3)4)27-23(34)26(11-13-31(14-12-26)25(35)36-5)28-21(33)18-9-7-6-8-10-18;;/h6-10,16-17,19H,11-15H2,1-5H3,(H,27,34)(H,28,33);2*1H/t19-;;/m0../s1. The van der Waals surface area contributed by atoms with Crippen molar-refractivity contribution in [3.63, 3.8) is 0 Å². The molecule has 1 aromatic carbocycles. The maximum atomic E-state index is 13.8. The molecule has 1 fully saturated rings. The Bertz CT molecular complexity index is 1140. The van der Waals surface area contributed by atoms with Gasteiger partial charge in [0.05, 0.1) is 13.2 Å². The van der Waals surface area contributed by atoms with Gasteiger partial charge in [-0.05, 0) is 37.3 Å². The van der Waals surface area contributed by atoms with Gasteiger partial charge in [-0.15, -0.1) is 10.2 Å². The molecule has 12 heteroatoms. The fourth-order valence-electron chi connectivity index (χ4n) is 4.19. The van der Waals surface area contributed by atoms with Crippen LogP contribution in [0.25, 0.3) is 0 Å². The van der Waals surface area contributed by atoms with Gasteiger partial charge in [-0.1, -0.05) is 57.7 Å². The first-order valence-corrected chi connectivity index (χ1v) is 13.5. The average Bonchev–Trinajstić information content (AvgIpc) is 3.35. The number of ketones is 1. The highest BCUT2D eigenvalue weighted by molar-refractivity contribution is 7.99. The third-order valence-electron chi connectivity index (χ3n) is 6.16. The van der Waals surface area contributed by atoms with E-state index in [0.717, 1.165) is 0 Å². The lowest BCUT2D eigenvalue weighted by molar-refractivity contribution is -0.129. The molecule has 0 unspecified atom stereocenters. The van der Waals surface area contributed by atoms with Crippen LogP contribution in [-0.2, 0) is 9.53 Å². The smallest absolute Gasteiger partial charge is 0.409 e. The zero-order valence-corrected chi connectivity index (χ0v) is 23.2. The minimum atomic E-state index is -1.35. The Kier molecular flexibility index (Phi) is 9.90. The van der Waals surface area contributed by atoms with Gasteiger partial charge in [-0.3, -0.25) is 14.4 Å². The predicted octanol–water partition coefficient (Wildman–Crippen LogP) is 3.81. The molecule has 1 aromatic heterocycles. The van der Waals surface area contributed by atoms with E-state index in [2.05, 4.69) is 20.8 Å². The minimum Gasteiger partial charge on any atom is -0.453 e. The van der Waals surface area contributed by atoms with Crippen molar-refractivity contribution in [2.75, 3.05) is 20.2 Å². The number of nitrogens with zero attached hydrogens (tertiary/aromatic N) is 3. The number of thioether (sulfide) groups is 1. The second-order valence-corrected chi connectivity index (χ2v) is 11.4. The first kappa shape index (κ1) is 29.2. The van der Waals surface area contributed by atoms with Gasteiger partial charge in [-0.25, -0.2) is 4.79 Å². The summed E-state index contributed by atoms with van der Waals surface area (Å²) in [7, 11) is 1.29. The number of hydrogen-bond acceptors (Lipinski definition) is 9. The summed E-state index contributed by atoms with van der Waals surface area (Å²) in [6.07, 6.45) is 0.111. The monoisotopic (exact) mass is 549 g/mol. The molecule has 1 saturated heterocycles. The molecule has 0 bridgehead atoms. The van der Waals surface area contributed by atoms with Crippen molar-refractivity contribution in [1.82, 2.24) is 25.7 Å². The van der Waals surface area contributed by atoms with Crippen LogP contribution in [0, 0.1) is 5.92 Å². The summed E-state index contributed by atoms with van der Waals surface area (Å²) < 4.78 is 10.4. The Morgan fingerprint density at radius 1 is 1.11 bits per heavy atom. The maximum Gasteiger partial charge on any atom is 0.409 e. The summed E-state index contributed by atoms with van der Waals surface area (Å²) in [6, 6.07) is 7.61. The number of likely N-dealkylation sites (tertiary alicyclic amines) is 1. The highest BCUT2D eigenvalue weighted by Gasteiger charge is 2.45. The van der Waals surface area contributed by atoms with Crippen LogP contribution in [0.5, 0.6) is 0 Å². The number of nitrogens with one attached hydrogen (secondary N) is 2. The van der Waals surface area contributed by atoms with Gasteiger partial charge >= 0.3 is 6.09 Å². The lowest BCUT2D eigenvalue weighted by atomic mass is 9.85. The van der Waals surface area contributed by atoms with E-state index in [1.807, 2.05) is 27.7 Å². The largest absolute Gasteiger partial charge is 0.453 e. The molecule has 0 radical (unpaired) electrons. The third-order valence-corrected chi connectivity index (χ3v) is 6.99. The summed E-state index contributed by atoms with van der Waals surface area (Å²) in [5, 5.41) is 14.0. The van der Waals surface area contributed by atoms with Crippen molar-refractivity contribution >= 4 is 35.5 Å². The molecule has 0 aliphatic carbocycles. The number of carbonyl (C=O) groups is 4. The highest BCUT2D eigenvalue weighted by atomic mass is 32.2. The van der Waals surface area contributed by atoms with E-state index in [4.69, 9.17) is 9.15 Å². The number of Topliss-reactive ketones (excluding diaryl/α,β-unsaturated/α-hetero) is 1. The molecule has 0 saturated carbocycles. The first-order valence-electron chi connectivity index (χ1n) is 12.6. The number of amides is 3. The van der Waals surface area contributed by atoms with Crippen molar-refractivity contribution in [2.24, 2.45) is 5.92 Å². The molecule has 1 atom stereocenters. The van der Waals surface area contributed by atoms with E-state index in [1.54, 1.807) is 30.3 Å². The SMILES string of the molecule is COC(=O)N1CCC(NC(=O)c2ccccc2)(C(=O)N[C@@H](CC(C)C)C(=O)c2nnc(SC(C)C)o2)CC1.[HH].[HH]. The van der Waals surface area contributed by atoms with Gasteiger partial charge in [0, 0.05) is 26.8 Å². The number of rotatable bonds is 10. The molecule has 3 amide bonds. The van der Waals surface area contributed by atoms with E-state index in [-0.39, 0.29) is 51.1 Å². The molecule has 38 heavy (non-hydrogen) atoms. The fourth-order valence-corrected chi connectivity index (χ4v) is 4.81. The summed E-state index contributed by atoms with van der Waals surface area (Å²) in [5.41, 5.74) is -0.952. The van der Waals surface area contributed by atoms with Crippen LogP contribution in [0.1, 0.15) is 70.9 Å². The van der Waals surface area contributed by atoms with Crippen LogP contribution >= 0.6 is 11.8 Å². The molecule has 1 aliphatic rings. The van der Waals surface area contributed by atoms with Gasteiger partial charge in [0.2, 0.25) is 11.7 Å². The zero-order chi connectivity index (χ0) is 27.9. The summed E-state index contributed by atoms with van der Waals surface area (Å²) >= 11 is 1.34. The Morgan fingerprint density at radius 3 is 2.34 bits per heavy atom. The molecule has 2 heterocycles. The van der Waals surface area contributed by atoms with Crippen LogP contribution < -0.4 is 10.6 Å². The first-order chi connectivity index (χ1) is 18.0. The Labute approximate surface area is 229 Å². The van der Waals surface area contributed by atoms with Crippen molar-refractivity contribution in [1.29, 1.82) is 0 Å². The van der Waals surface area contributed by atoms with E-state index in [1.165, 1.54) is 23.8 Å². The molecule has 2 N–H and O–H groups in total. The fraction of sp³-hybridized carbons (Fsp3) is 0.538. The lowest BCUT2D eigenvalue weighted by Crippen LogP contribution is -2.65. The number of hydrogen-bond donors (Lipinski definition) is 2. The number of carbonyl (C=O) groups excluding carboxylic acids is 4. The molecular weight excluding hydrogens is 510 g/mol. The molecule has 1 aliphatic heterocycles. The Hall–Kier alpha value is -3.41. The molecule has 0 spiro atoms. The van der Waals surface area contributed by atoms with Crippen LogP contribution in [0.15, 0.2) is 40.0 Å². The summed E-state index contributed by atoms with van der Waals surface area (Å²) in [4.78, 5) is 53.8. The van der Waals surface area contributed by atoms with Crippen molar-refractivity contribution in [3.05, 3.63) is 41.8 Å². The van der Waals surface area contributed by atoms with E-state index in [0.29, 0.717) is 12.0 Å². The van der Waals surface area contributed by atoms with E-state index < -0.39 is 35.3 Å². The van der Waals surface area contributed by atoms with Gasteiger partial charge in [-0.2, -0.15) is 0 Å². The van der Waals surface area contributed by atoms with Gasteiger partial charge in [0.15, 0.2) is 0 Å². The lowest BCUT2D eigenvalue weighted by Gasteiger charge is -2.41. The van der Waals surface area contributed by atoms with E-state index in [9.17, 15) is 19.2 Å². The van der Waals surface area contributed by atoms with E-state index >= 15 is 0 Å². The number of benzene rings is 1.